The van der Waals surface area contributed by atoms with Gasteiger partial charge < -0.3 is 10.6 Å². The summed E-state index contributed by atoms with van der Waals surface area (Å²) < 4.78 is 0. The van der Waals surface area contributed by atoms with E-state index in [4.69, 9.17) is 0 Å². The van der Waals surface area contributed by atoms with Crippen LogP contribution in [-0.2, 0) is 0 Å². The van der Waals surface area contributed by atoms with Crippen molar-refractivity contribution < 1.29 is 4.79 Å². The van der Waals surface area contributed by atoms with Crippen LogP contribution in [0.2, 0.25) is 0 Å². The second-order valence-electron chi connectivity index (χ2n) is 6.01. The zero-order chi connectivity index (χ0) is 16.1. The van der Waals surface area contributed by atoms with Gasteiger partial charge in [0.05, 0.1) is 17.4 Å². The molecule has 4 nitrogen and oxygen atoms in total. The predicted octanol–water partition coefficient (Wildman–Crippen LogP) is 3.83. The number of carbonyl (C=O) groups is 1. The van der Waals surface area contributed by atoms with Crippen LogP contribution in [0.25, 0.3) is 0 Å². The van der Waals surface area contributed by atoms with Gasteiger partial charge in [-0.1, -0.05) is 26.0 Å². The fourth-order valence-electron chi connectivity index (χ4n) is 2.06. The lowest BCUT2D eigenvalue weighted by Crippen LogP contribution is -2.27. The van der Waals surface area contributed by atoms with Gasteiger partial charge in [-0.05, 0) is 43.0 Å². The lowest BCUT2D eigenvalue weighted by molar-refractivity contribution is 0.0948. The van der Waals surface area contributed by atoms with E-state index < -0.39 is 0 Å². The van der Waals surface area contributed by atoms with Crippen molar-refractivity contribution >= 4 is 17.3 Å². The summed E-state index contributed by atoms with van der Waals surface area (Å²) in [4.78, 5) is 16.3. The normalized spacial score (nSPS) is 10.6. The minimum atomic E-state index is -0.0918. The summed E-state index contributed by atoms with van der Waals surface area (Å²) in [6.45, 7) is 8.90. The maximum absolute atomic E-state index is 12.1. The van der Waals surface area contributed by atoms with E-state index in [0.717, 1.165) is 16.9 Å². The fourth-order valence-corrected chi connectivity index (χ4v) is 2.06. The molecule has 0 spiro atoms. The number of pyridine rings is 1. The Morgan fingerprint density at radius 3 is 2.68 bits per heavy atom. The van der Waals surface area contributed by atoms with Crippen LogP contribution in [0.5, 0.6) is 0 Å². The van der Waals surface area contributed by atoms with Crippen molar-refractivity contribution in [2.45, 2.75) is 27.7 Å². The standard InChI is InChI=1S/C18H23N3O/c1-12(2)9-20-18(22)15-8-16(11-19-10-15)21-17-7-13(3)5-6-14(17)4/h5-8,10-12,21H,9H2,1-4H3,(H,20,22). The van der Waals surface area contributed by atoms with E-state index in [-0.39, 0.29) is 5.91 Å². The summed E-state index contributed by atoms with van der Waals surface area (Å²) in [5.41, 5.74) is 4.75. The Kier molecular flexibility index (Phi) is 5.15. The van der Waals surface area contributed by atoms with Crippen LogP contribution < -0.4 is 10.6 Å². The third-order valence-electron chi connectivity index (χ3n) is 3.34. The van der Waals surface area contributed by atoms with Gasteiger partial charge in [-0.3, -0.25) is 9.78 Å². The highest BCUT2D eigenvalue weighted by Gasteiger charge is 2.08. The van der Waals surface area contributed by atoms with Crippen LogP contribution in [0, 0.1) is 19.8 Å². The molecule has 4 heteroatoms. The molecule has 0 unspecified atom stereocenters. The molecular weight excluding hydrogens is 274 g/mol. The van der Waals surface area contributed by atoms with Crippen molar-refractivity contribution in [1.29, 1.82) is 0 Å². The number of benzene rings is 1. The number of amides is 1. The van der Waals surface area contributed by atoms with E-state index in [0.29, 0.717) is 18.0 Å². The maximum atomic E-state index is 12.1. The number of rotatable bonds is 5. The predicted molar refractivity (Wildman–Crippen MR) is 90.6 cm³/mol. The first-order valence-corrected chi connectivity index (χ1v) is 7.53. The molecule has 2 N–H and O–H groups in total. The number of carbonyl (C=O) groups excluding carboxylic acids is 1. The van der Waals surface area contributed by atoms with Crippen molar-refractivity contribution in [2.75, 3.05) is 11.9 Å². The van der Waals surface area contributed by atoms with Gasteiger partial charge in [0.25, 0.3) is 5.91 Å². The van der Waals surface area contributed by atoms with Gasteiger partial charge in [-0.2, -0.15) is 0 Å². The van der Waals surface area contributed by atoms with Crippen LogP contribution in [0.15, 0.2) is 36.7 Å². The van der Waals surface area contributed by atoms with Gasteiger partial charge in [-0.25, -0.2) is 0 Å². The molecule has 22 heavy (non-hydrogen) atoms. The van der Waals surface area contributed by atoms with Crippen LogP contribution in [0.3, 0.4) is 0 Å². The number of aromatic nitrogens is 1. The summed E-state index contributed by atoms with van der Waals surface area (Å²) in [7, 11) is 0. The van der Waals surface area contributed by atoms with Crippen molar-refractivity contribution in [1.82, 2.24) is 10.3 Å². The molecule has 0 atom stereocenters. The quantitative estimate of drug-likeness (QED) is 0.882. The number of aryl methyl sites for hydroxylation is 2. The van der Waals surface area contributed by atoms with E-state index in [1.807, 2.05) is 13.0 Å². The largest absolute Gasteiger partial charge is 0.354 e. The first-order chi connectivity index (χ1) is 10.5. The number of hydrogen-bond donors (Lipinski definition) is 2. The van der Waals surface area contributed by atoms with Gasteiger partial charge in [0.2, 0.25) is 0 Å². The summed E-state index contributed by atoms with van der Waals surface area (Å²) >= 11 is 0. The van der Waals surface area contributed by atoms with E-state index in [1.165, 1.54) is 5.56 Å². The zero-order valence-electron chi connectivity index (χ0n) is 13.6. The van der Waals surface area contributed by atoms with Gasteiger partial charge in [0, 0.05) is 18.4 Å². The van der Waals surface area contributed by atoms with E-state index in [2.05, 4.69) is 54.6 Å². The summed E-state index contributed by atoms with van der Waals surface area (Å²) in [6.07, 6.45) is 3.31. The molecule has 1 heterocycles. The highest BCUT2D eigenvalue weighted by atomic mass is 16.1. The molecule has 0 aliphatic heterocycles. The minimum Gasteiger partial charge on any atom is -0.354 e. The van der Waals surface area contributed by atoms with Crippen LogP contribution >= 0.6 is 0 Å². The lowest BCUT2D eigenvalue weighted by Gasteiger charge is -2.12. The molecule has 0 radical (unpaired) electrons. The molecule has 1 aromatic carbocycles. The average molecular weight is 297 g/mol. The molecule has 0 aliphatic rings. The van der Waals surface area contributed by atoms with Crippen molar-refractivity contribution in [3.63, 3.8) is 0 Å². The molecule has 0 bridgehead atoms. The van der Waals surface area contributed by atoms with Crippen molar-refractivity contribution in [3.8, 4) is 0 Å². The lowest BCUT2D eigenvalue weighted by atomic mass is 10.1. The molecule has 0 saturated carbocycles. The monoisotopic (exact) mass is 297 g/mol. The average Bonchev–Trinajstić information content (AvgIpc) is 2.49. The minimum absolute atomic E-state index is 0.0918. The maximum Gasteiger partial charge on any atom is 0.252 e. The topological polar surface area (TPSA) is 54.0 Å². The SMILES string of the molecule is Cc1ccc(C)c(Nc2cncc(C(=O)NCC(C)C)c2)c1. The van der Waals surface area contributed by atoms with Crippen molar-refractivity contribution in [3.05, 3.63) is 53.3 Å². The molecule has 1 aromatic heterocycles. The first-order valence-electron chi connectivity index (χ1n) is 7.53. The second-order valence-corrected chi connectivity index (χ2v) is 6.01. The molecule has 116 valence electrons. The Labute approximate surface area is 132 Å². The Bertz CT molecular complexity index is 665. The van der Waals surface area contributed by atoms with Gasteiger partial charge in [-0.15, -0.1) is 0 Å². The third-order valence-corrected chi connectivity index (χ3v) is 3.34. The van der Waals surface area contributed by atoms with Gasteiger partial charge in [0.1, 0.15) is 0 Å². The number of nitrogens with one attached hydrogen (secondary N) is 2. The Morgan fingerprint density at radius 1 is 1.18 bits per heavy atom. The zero-order valence-corrected chi connectivity index (χ0v) is 13.6. The molecule has 0 fully saturated rings. The second kappa shape index (κ2) is 7.07. The van der Waals surface area contributed by atoms with Gasteiger partial charge >= 0.3 is 0 Å². The molecular formula is C18H23N3O. The summed E-state index contributed by atoms with van der Waals surface area (Å²) in [5.74, 6) is 0.332. The summed E-state index contributed by atoms with van der Waals surface area (Å²) in [6, 6.07) is 8.06. The van der Waals surface area contributed by atoms with Crippen LogP contribution in [-0.4, -0.2) is 17.4 Å². The fraction of sp³-hybridized carbons (Fsp3) is 0.333. The van der Waals surface area contributed by atoms with E-state index in [1.54, 1.807) is 12.4 Å². The molecule has 0 aliphatic carbocycles. The highest BCUT2D eigenvalue weighted by Crippen LogP contribution is 2.21. The molecule has 0 saturated heterocycles. The van der Waals surface area contributed by atoms with Crippen LogP contribution in [0.1, 0.15) is 35.3 Å². The number of anilines is 2. The number of hydrogen-bond acceptors (Lipinski definition) is 3. The highest BCUT2D eigenvalue weighted by molar-refractivity contribution is 5.94. The van der Waals surface area contributed by atoms with Crippen molar-refractivity contribution in [2.24, 2.45) is 5.92 Å². The van der Waals surface area contributed by atoms with E-state index in [9.17, 15) is 4.79 Å². The first kappa shape index (κ1) is 16.0. The molecule has 2 rings (SSSR count). The third kappa shape index (κ3) is 4.32. The Balaban J connectivity index is 2.14. The molecule has 2 aromatic rings. The Hall–Kier alpha value is -2.36. The van der Waals surface area contributed by atoms with Crippen LogP contribution in [0.4, 0.5) is 11.4 Å². The molecule has 1 amide bonds. The summed E-state index contributed by atoms with van der Waals surface area (Å²) in [5, 5.41) is 6.23. The van der Waals surface area contributed by atoms with E-state index >= 15 is 0 Å². The number of nitrogens with zero attached hydrogens (tertiary/aromatic N) is 1. The smallest absolute Gasteiger partial charge is 0.252 e. The van der Waals surface area contributed by atoms with Gasteiger partial charge in [0.15, 0.2) is 0 Å². The Morgan fingerprint density at radius 2 is 1.95 bits per heavy atom.